The highest BCUT2D eigenvalue weighted by Crippen LogP contribution is 2.51. The molecule has 0 aromatic heterocycles. The monoisotopic (exact) mass is 476 g/mol. The molecule has 3 unspecified atom stereocenters. The molecule has 1 fully saturated rings. The molecule has 1 saturated heterocycles. The topological polar surface area (TPSA) is 65.6 Å². The zero-order valence-corrected chi connectivity index (χ0v) is 19.4. The van der Waals surface area contributed by atoms with Crippen LogP contribution in [0.25, 0.3) is 0 Å². The lowest BCUT2D eigenvalue weighted by atomic mass is 9.76. The van der Waals surface area contributed by atoms with Crippen LogP contribution in [0, 0.1) is 5.92 Å². The number of carbonyl (C=O) groups is 1. The van der Waals surface area contributed by atoms with Gasteiger partial charge in [-0.05, 0) is 50.7 Å². The van der Waals surface area contributed by atoms with Gasteiger partial charge in [0.1, 0.15) is 0 Å². The van der Waals surface area contributed by atoms with Crippen LogP contribution in [0.15, 0.2) is 48.5 Å². The molecule has 4 atom stereocenters. The summed E-state index contributed by atoms with van der Waals surface area (Å²) in [6, 6.07) is 13.4. The van der Waals surface area contributed by atoms with E-state index in [0.717, 1.165) is 24.6 Å². The van der Waals surface area contributed by atoms with Crippen molar-refractivity contribution in [2.45, 2.75) is 37.3 Å². The van der Waals surface area contributed by atoms with Crippen molar-refractivity contribution in [2.24, 2.45) is 5.92 Å². The number of likely N-dealkylation sites (N-methyl/N-ethyl adjacent to an activating group) is 1. The molecule has 2 amide bonds. The summed E-state index contributed by atoms with van der Waals surface area (Å²) in [7, 11) is 3.85. The molecule has 0 bridgehead atoms. The molecule has 6 nitrogen and oxygen atoms in total. The van der Waals surface area contributed by atoms with E-state index in [2.05, 4.69) is 16.0 Å². The molecular weight excluding hydrogens is 445 g/mol. The first-order valence-electron chi connectivity index (χ1n) is 11.6. The maximum Gasteiger partial charge on any atom is 0.416 e. The Balaban J connectivity index is 1.52. The maximum absolute atomic E-state index is 13.4. The minimum Gasteiger partial charge on any atom is -0.378 e. The number of ether oxygens (including phenoxy) is 1. The number of amides is 2. The highest BCUT2D eigenvalue weighted by Gasteiger charge is 2.43. The quantitative estimate of drug-likeness (QED) is 0.572. The molecule has 2 aliphatic heterocycles. The third-order valence-corrected chi connectivity index (χ3v) is 6.47. The van der Waals surface area contributed by atoms with E-state index in [1.54, 1.807) is 0 Å². The first kappa shape index (κ1) is 24.3. The smallest absolute Gasteiger partial charge is 0.378 e. The number of alkyl halides is 3. The number of anilines is 1. The van der Waals surface area contributed by atoms with Crippen molar-refractivity contribution >= 4 is 11.7 Å². The van der Waals surface area contributed by atoms with Gasteiger partial charge in [0, 0.05) is 36.8 Å². The number of nitrogens with zero attached hydrogens (tertiary/aromatic N) is 1. The summed E-state index contributed by atoms with van der Waals surface area (Å²) in [5.74, 6) is -0.0245. The second-order valence-corrected chi connectivity index (χ2v) is 9.19. The summed E-state index contributed by atoms with van der Waals surface area (Å²) in [6.07, 6.45) is -3.74. The highest BCUT2D eigenvalue weighted by molar-refractivity contribution is 5.73. The van der Waals surface area contributed by atoms with Crippen molar-refractivity contribution in [3.05, 3.63) is 65.2 Å². The van der Waals surface area contributed by atoms with Crippen molar-refractivity contribution in [3.63, 3.8) is 0 Å². The van der Waals surface area contributed by atoms with Gasteiger partial charge in [0.25, 0.3) is 0 Å². The van der Waals surface area contributed by atoms with E-state index in [1.165, 1.54) is 12.1 Å². The molecule has 0 radical (unpaired) electrons. The number of nitrogens with one attached hydrogen (secondary N) is 3. The van der Waals surface area contributed by atoms with E-state index in [9.17, 15) is 18.0 Å². The maximum atomic E-state index is 13.4. The third-order valence-electron chi connectivity index (χ3n) is 6.47. The number of carbonyl (C=O) groups excluding carboxylic acids is 1. The Morgan fingerprint density at radius 2 is 1.88 bits per heavy atom. The van der Waals surface area contributed by atoms with Gasteiger partial charge in [0.15, 0.2) is 0 Å². The average molecular weight is 477 g/mol. The van der Waals surface area contributed by atoms with Crippen molar-refractivity contribution in [3.8, 4) is 0 Å². The Morgan fingerprint density at radius 1 is 1.12 bits per heavy atom. The van der Waals surface area contributed by atoms with Gasteiger partial charge in [-0.15, -0.1) is 0 Å². The largest absolute Gasteiger partial charge is 0.416 e. The SMILES string of the molecule is CN(C)CCNC(=O)NCC1CCC2C(O1)c1cc(C(F)(F)F)ccc1N[C@H]2c1ccccc1. The number of urea groups is 1. The number of halogens is 3. The third kappa shape index (κ3) is 5.64. The van der Waals surface area contributed by atoms with Crippen LogP contribution >= 0.6 is 0 Å². The minimum absolute atomic E-state index is 0.0245. The molecule has 2 heterocycles. The van der Waals surface area contributed by atoms with Crippen LogP contribution in [0.5, 0.6) is 0 Å². The van der Waals surface area contributed by atoms with E-state index in [1.807, 2.05) is 49.3 Å². The van der Waals surface area contributed by atoms with Crippen molar-refractivity contribution in [1.82, 2.24) is 15.5 Å². The lowest BCUT2D eigenvalue weighted by Crippen LogP contribution is -2.46. The van der Waals surface area contributed by atoms with E-state index in [4.69, 9.17) is 4.74 Å². The molecule has 2 aromatic carbocycles. The number of benzene rings is 2. The Bertz CT molecular complexity index is 984. The van der Waals surface area contributed by atoms with Gasteiger partial charge in [0.05, 0.1) is 23.8 Å². The summed E-state index contributed by atoms with van der Waals surface area (Å²) in [5.41, 5.74) is 1.56. The van der Waals surface area contributed by atoms with Crippen LogP contribution < -0.4 is 16.0 Å². The first-order valence-corrected chi connectivity index (χ1v) is 11.6. The van der Waals surface area contributed by atoms with Gasteiger partial charge in [-0.3, -0.25) is 0 Å². The standard InChI is InChI=1S/C25H31F3N4O2/c1-32(2)13-12-29-24(33)30-15-18-9-10-19-22(16-6-4-3-5-7-16)31-21-11-8-17(25(26,27)28)14-20(21)23(19)34-18/h3-8,11,14,18-19,22-23,31H,9-10,12-13,15H2,1-2H3,(H2,29,30,33)/t18?,19?,22-,23?/m0/s1. The fourth-order valence-corrected chi connectivity index (χ4v) is 4.74. The predicted molar refractivity (Wildman–Crippen MR) is 125 cm³/mol. The summed E-state index contributed by atoms with van der Waals surface area (Å²) < 4.78 is 46.7. The van der Waals surface area contributed by atoms with Gasteiger partial charge in [-0.2, -0.15) is 13.2 Å². The lowest BCUT2D eigenvalue weighted by Gasteiger charge is -2.46. The Kier molecular flexibility index (Phi) is 7.33. The second-order valence-electron chi connectivity index (χ2n) is 9.19. The van der Waals surface area contributed by atoms with Crippen LogP contribution in [-0.2, 0) is 10.9 Å². The molecule has 2 aromatic rings. The highest BCUT2D eigenvalue weighted by atomic mass is 19.4. The molecule has 4 rings (SSSR count). The Labute approximate surface area is 197 Å². The van der Waals surface area contributed by atoms with Gasteiger partial charge in [0.2, 0.25) is 0 Å². The van der Waals surface area contributed by atoms with Crippen LogP contribution in [0.3, 0.4) is 0 Å². The normalized spacial score (nSPS) is 24.1. The van der Waals surface area contributed by atoms with Gasteiger partial charge in [-0.25, -0.2) is 4.79 Å². The molecule has 9 heteroatoms. The number of rotatable bonds is 6. The molecule has 34 heavy (non-hydrogen) atoms. The fourth-order valence-electron chi connectivity index (χ4n) is 4.74. The Hall–Kier alpha value is -2.78. The zero-order valence-electron chi connectivity index (χ0n) is 19.4. The van der Waals surface area contributed by atoms with E-state index in [0.29, 0.717) is 30.8 Å². The van der Waals surface area contributed by atoms with Crippen molar-refractivity contribution in [1.29, 1.82) is 0 Å². The van der Waals surface area contributed by atoms with Gasteiger partial charge in [-0.1, -0.05) is 30.3 Å². The number of hydrogen-bond acceptors (Lipinski definition) is 4. The summed E-state index contributed by atoms with van der Waals surface area (Å²) in [4.78, 5) is 14.1. The summed E-state index contributed by atoms with van der Waals surface area (Å²) >= 11 is 0. The molecule has 3 N–H and O–H groups in total. The predicted octanol–water partition coefficient (Wildman–Crippen LogP) is 4.57. The lowest BCUT2D eigenvalue weighted by molar-refractivity contribution is -0.138. The Morgan fingerprint density at radius 3 is 2.59 bits per heavy atom. The van der Waals surface area contributed by atoms with E-state index < -0.39 is 17.8 Å². The van der Waals surface area contributed by atoms with E-state index in [-0.39, 0.29) is 24.1 Å². The van der Waals surface area contributed by atoms with Crippen molar-refractivity contribution < 1.29 is 22.7 Å². The molecule has 0 spiro atoms. The molecule has 184 valence electrons. The fraction of sp³-hybridized carbons (Fsp3) is 0.480. The van der Waals surface area contributed by atoms with E-state index >= 15 is 0 Å². The molecule has 0 aliphatic carbocycles. The van der Waals surface area contributed by atoms with Crippen molar-refractivity contribution in [2.75, 3.05) is 39.0 Å². The van der Waals surface area contributed by atoms with Crippen LogP contribution in [0.4, 0.5) is 23.7 Å². The average Bonchev–Trinajstić information content (AvgIpc) is 2.81. The van der Waals surface area contributed by atoms with Crippen LogP contribution in [0.1, 0.15) is 41.7 Å². The minimum atomic E-state index is -4.43. The first-order chi connectivity index (χ1) is 16.2. The van der Waals surface area contributed by atoms with Crippen LogP contribution in [0.2, 0.25) is 0 Å². The zero-order chi connectivity index (χ0) is 24.3. The molecular formula is C25H31F3N4O2. The number of hydrogen-bond donors (Lipinski definition) is 3. The van der Waals surface area contributed by atoms with Gasteiger partial charge < -0.3 is 25.6 Å². The number of fused-ring (bicyclic) bond motifs is 3. The molecule has 2 aliphatic rings. The summed E-state index contributed by atoms with van der Waals surface area (Å²) in [6.45, 7) is 1.55. The molecule has 0 saturated carbocycles. The second kappa shape index (κ2) is 10.2. The van der Waals surface area contributed by atoms with Crippen LogP contribution in [-0.4, -0.2) is 50.8 Å². The van der Waals surface area contributed by atoms with Gasteiger partial charge >= 0.3 is 12.2 Å². The summed E-state index contributed by atoms with van der Waals surface area (Å²) in [5, 5.41) is 9.09.